The fourth-order valence-corrected chi connectivity index (χ4v) is 10.1. The van der Waals surface area contributed by atoms with E-state index in [1.165, 1.54) is 87.0 Å². The molecule has 0 saturated heterocycles. The predicted octanol–water partition coefficient (Wildman–Crippen LogP) is 15.1. The number of rotatable bonds is 5. The van der Waals surface area contributed by atoms with E-state index in [-0.39, 0.29) is 0 Å². The molecule has 58 heavy (non-hydrogen) atoms. The molecule has 9 aromatic carbocycles. The Hall–Kier alpha value is -7.27. The molecule has 0 N–H and O–H groups in total. The second kappa shape index (κ2) is 13.2. The van der Waals surface area contributed by atoms with Gasteiger partial charge in [-0.15, -0.1) is 0 Å². The monoisotopic (exact) mass is 757 g/mol. The molecule has 272 valence electrons. The van der Waals surface area contributed by atoms with Gasteiger partial charge in [0, 0.05) is 48.4 Å². The van der Waals surface area contributed by atoms with Gasteiger partial charge in [0.2, 0.25) is 0 Å². The van der Waals surface area contributed by atoms with Gasteiger partial charge in [0.25, 0.3) is 0 Å². The van der Waals surface area contributed by atoms with Crippen LogP contribution in [0, 0.1) is 0 Å². The Bertz CT molecular complexity index is 3360. The maximum absolute atomic E-state index is 2.48. The lowest BCUT2D eigenvalue weighted by Crippen LogP contribution is -2.14. The fraction of sp³-hybridized carbons (Fsp3) is 0. The quantitative estimate of drug-likeness (QED) is 0.173. The first kappa shape index (κ1) is 32.9. The van der Waals surface area contributed by atoms with Crippen molar-refractivity contribution >= 4 is 72.4 Å². The third-order valence-corrected chi connectivity index (χ3v) is 12.8. The lowest BCUT2D eigenvalue weighted by molar-refractivity contribution is 1.15. The van der Waals surface area contributed by atoms with E-state index >= 15 is 0 Å². The Morgan fingerprint density at radius 1 is 0.276 bits per heavy atom. The molecule has 11 aromatic rings. The summed E-state index contributed by atoms with van der Waals surface area (Å²) in [5.74, 6) is 0. The molecule has 0 atom stereocenters. The van der Waals surface area contributed by atoms with Crippen LogP contribution in [0.2, 0.25) is 0 Å². The SMILES string of the molecule is c1ccc(-c2cc(-c3ccc4c5ccccc5n(-c5ccccc5)c4c3)cc(-n3c4ccccc4c4cc5c(cc43)N(c3ccccc3)c3ccccc3S5)c2)cc1. The Morgan fingerprint density at radius 3 is 1.57 bits per heavy atom. The van der Waals surface area contributed by atoms with E-state index in [1.807, 2.05) is 11.8 Å². The molecule has 1 aliphatic rings. The number of benzene rings is 9. The van der Waals surface area contributed by atoms with Crippen molar-refractivity contribution in [3.05, 3.63) is 212 Å². The summed E-state index contributed by atoms with van der Waals surface area (Å²) in [6, 6.07) is 77.6. The molecule has 0 unspecified atom stereocenters. The van der Waals surface area contributed by atoms with Gasteiger partial charge in [-0.2, -0.15) is 0 Å². The predicted molar refractivity (Wildman–Crippen MR) is 245 cm³/mol. The minimum absolute atomic E-state index is 1.13. The first-order chi connectivity index (χ1) is 28.8. The summed E-state index contributed by atoms with van der Waals surface area (Å²) in [6.45, 7) is 0. The van der Waals surface area contributed by atoms with Gasteiger partial charge in [-0.05, 0) is 107 Å². The van der Waals surface area contributed by atoms with Crippen molar-refractivity contribution in [3.8, 4) is 33.6 Å². The van der Waals surface area contributed by atoms with Gasteiger partial charge in [0.05, 0.1) is 33.4 Å². The maximum atomic E-state index is 2.48. The van der Waals surface area contributed by atoms with Crippen LogP contribution in [0.25, 0.3) is 77.2 Å². The minimum Gasteiger partial charge on any atom is -0.309 e. The molecule has 3 nitrogen and oxygen atoms in total. The van der Waals surface area contributed by atoms with Crippen molar-refractivity contribution in [1.82, 2.24) is 9.13 Å². The van der Waals surface area contributed by atoms with E-state index in [1.54, 1.807) is 0 Å². The molecule has 0 amide bonds. The van der Waals surface area contributed by atoms with Crippen LogP contribution < -0.4 is 4.90 Å². The molecule has 0 aliphatic carbocycles. The highest BCUT2D eigenvalue weighted by molar-refractivity contribution is 7.99. The van der Waals surface area contributed by atoms with Crippen molar-refractivity contribution in [2.45, 2.75) is 9.79 Å². The van der Waals surface area contributed by atoms with Gasteiger partial charge in [-0.3, -0.25) is 0 Å². The zero-order valence-electron chi connectivity index (χ0n) is 31.5. The molecule has 12 rings (SSSR count). The van der Waals surface area contributed by atoms with E-state index in [9.17, 15) is 0 Å². The molecule has 0 saturated carbocycles. The highest BCUT2D eigenvalue weighted by Crippen LogP contribution is 2.53. The third kappa shape index (κ3) is 5.16. The van der Waals surface area contributed by atoms with Crippen LogP contribution in [-0.4, -0.2) is 9.13 Å². The second-order valence-electron chi connectivity index (χ2n) is 15.0. The molecule has 1 aliphatic heterocycles. The zero-order chi connectivity index (χ0) is 38.2. The van der Waals surface area contributed by atoms with Crippen LogP contribution in [0.5, 0.6) is 0 Å². The number of hydrogen-bond acceptors (Lipinski definition) is 2. The molecule has 2 aromatic heterocycles. The summed E-state index contributed by atoms with van der Waals surface area (Å²) in [5, 5.41) is 4.99. The van der Waals surface area contributed by atoms with Crippen molar-refractivity contribution in [1.29, 1.82) is 0 Å². The summed E-state index contributed by atoms with van der Waals surface area (Å²) < 4.78 is 4.88. The molecular formula is C54H35N3S. The van der Waals surface area contributed by atoms with Crippen molar-refractivity contribution in [2.24, 2.45) is 0 Å². The van der Waals surface area contributed by atoms with Crippen LogP contribution in [0.15, 0.2) is 222 Å². The van der Waals surface area contributed by atoms with Crippen LogP contribution in [0.1, 0.15) is 0 Å². The van der Waals surface area contributed by atoms with E-state index in [4.69, 9.17) is 0 Å². The largest absolute Gasteiger partial charge is 0.309 e. The minimum atomic E-state index is 1.13. The van der Waals surface area contributed by atoms with Crippen LogP contribution in [-0.2, 0) is 0 Å². The summed E-state index contributed by atoms with van der Waals surface area (Å²) in [4.78, 5) is 4.93. The summed E-state index contributed by atoms with van der Waals surface area (Å²) in [5.41, 5.74) is 15.3. The summed E-state index contributed by atoms with van der Waals surface area (Å²) in [6.07, 6.45) is 0. The molecule has 3 heterocycles. The maximum Gasteiger partial charge on any atom is 0.0622 e. The van der Waals surface area contributed by atoms with Crippen LogP contribution >= 0.6 is 11.8 Å². The smallest absolute Gasteiger partial charge is 0.0622 e. The Balaban J connectivity index is 1.12. The number of aromatic nitrogens is 2. The van der Waals surface area contributed by atoms with Crippen molar-refractivity contribution in [3.63, 3.8) is 0 Å². The van der Waals surface area contributed by atoms with Crippen molar-refractivity contribution in [2.75, 3.05) is 4.90 Å². The molecule has 0 bridgehead atoms. The highest BCUT2D eigenvalue weighted by atomic mass is 32.2. The molecule has 0 fully saturated rings. The van der Waals surface area contributed by atoms with E-state index < -0.39 is 0 Å². The van der Waals surface area contributed by atoms with Gasteiger partial charge in [0.1, 0.15) is 0 Å². The van der Waals surface area contributed by atoms with Gasteiger partial charge in [-0.25, -0.2) is 0 Å². The number of hydrogen-bond donors (Lipinski definition) is 0. The van der Waals surface area contributed by atoms with Crippen LogP contribution in [0.3, 0.4) is 0 Å². The van der Waals surface area contributed by atoms with Gasteiger partial charge < -0.3 is 14.0 Å². The van der Waals surface area contributed by atoms with E-state index in [0.717, 1.165) is 17.1 Å². The van der Waals surface area contributed by atoms with E-state index in [0.29, 0.717) is 0 Å². The zero-order valence-corrected chi connectivity index (χ0v) is 32.3. The number of anilines is 3. The van der Waals surface area contributed by atoms with Gasteiger partial charge in [-0.1, -0.05) is 139 Å². The molecule has 0 spiro atoms. The lowest BCUT2D eigenvalue weighted by Gasteiger charge is -2.33. The number of fused-ring (bicyclic) bond motifs is 8. The standard InChI is InChI=1S/C54H35N3S/c1-4-16-36(17-5-1)38-30-39(37-28-29-45-43-22-10-12-24-47(43)55(50(45)33-37)40-18-6-2-7-19-40)32-42(31-38)57-48-25-13-11-23-44(48)46-34-54-52(35-51(46)57)56(41-20-8-3-9-21-41)49-26-14-15-27-53(49)58-54/h1-35H. The fourth-order valence-electron chi connectivity index (χ4n) is 9.06. The van der Waals surface area contributed by atoms with Crippen LogP contribution in [0.4, 0.5) is 17.1 Å². The Labute approximate surface area is 340 Å². The summed E-state index contributed by atoms with van der Waals surface area (Å²) >= 11 is 1.86. The number of para-hydroxylation sites is 5. The Morgan fingerprint density at radius 2 is 0.828 bits per heavy atom. The topological polar surface area (TPSA) is 13.1 Å². The Kier molecular flexibility index (Phi) is 7.47. The molecule has 0 radical (unpaired) electrons. The third-order valence-electron chi connectivity index (χ3n) is 11.6. The number of nitrogens with zero attached hydrogens (tertiary/aromatic N) is 3. The average molecular weight is 758 g/mol. The van der Waals surface area contributed by atoms with E-state index in [2.05, 4.69) is 226 Å². The van der Waals surface area contributed by atoms with Gasteiger partial charge >= 0.3 is 0 Å². The first-order valence-corrected chi connectivity index (χ1v) is 20.6. The molecule has 4 heteroatoms. The van der Waals surface area contributed by atoms with Gasteiger partial charge in [0.15, 0.2) is 0 Å². The first-order valence-electron chi connectivity index (χ1n) is 19.8. The lowest BCUT2D eigenvalue weighted by atomic mass is 9.97. The normalized spacial score (nSPS) is 12.4. The van der Waals surface area contributed by atoms with Crippen molar-refractivity contribution < 1.29 is 0 Å². The summed E-state index contributed by atoms with van der Waals surface area (Å²) in [7, 11) is 0. The molecular weight excluding hydrogens is 723 g/mol. The second-order valence-corrected chi connectivity index (χ2v) is 16.1. The average Bonchev–Trinajstić information content (AvgIpc) is 3.80. The highest BCUT2D eigenvalue weighted by Gasteiger charge is 2.27.